The molecule has 2 rings (SSSR count). The third-order valence-corrected chi connectivity index (χ3v) is 4.63. The van der Waals surface area contributed by atoms with Crippen molar-refractivity contribution in [2.75, 3.05) is 51.7 Å². The van der Waals surface area contributed by atoms with E-state index < -0.39 is 0 Å². The van der Waals surface area contributed by atoms with Crippen molar-refractivity contribution >= 4 is 27.6 Å². The maximum atomic E-state index is 4.70. The van der Waals surface area contributed by atoms with Crippen LogP contribution in [-0.2, 0) is 0 Å². The third kappa shape index (κ3) is 6.32. The molecule has 0 spiro atoms. The van der Waals surface area contributed by atoms with Crippen molar-refractivity contribution in [1.82, 2.24) is 15.5 Å². The van der Waals surface area contributed by atoms with Gasteiger partial charge in [0.15, 0.2) is 5.96 Å². The summed E-state index contributed by atoms with van der Waals surface area (Å²) < 4.78 is 1.12. The van der Waals surface area contributed by atoms with Crippen LogP contribution in [0.2, 0.25) is 0 Å². The van der Waals surface area contributed by atoms with Gasteiger partial charge in [-0.25, -0.2) is 0 Å². The molecule has 1 unspecified atom stereocenters. The van der Waals surface area contributed by atoms with Gasteiger partial charge in [0.25, 0.3) is 0 Å². The Bertz CT molecular complexity index is 515. The molecule has 0 radical (unpaired) electrons. The minimum Gasteiger partial charge on any atom is -0.369 e. The molecule has 0 aromatic heterocycles. The van der Waals surface area contributed by atoms with Crippen molar-refractivity contribution < 1.29 is 0 Å². The zero-order valence-electron chi connectivity index (χ0n) is 15.1. The van der Waals surface area contributed by atoms with Gasteiger partial charge in [0.2, 0.25) is 0 Å². The fourth-order valence-corrected chi connectivity index (χ4v) is 3.12. The van der Waals surface area contributed by atoms with Crippen molar-refractivity contribution in [3.63, 3.8) is 0 Å². The van der Waals surface area contributed by atoms with E-state index >= 15 is 0 Å². The monoisotopic (exact) mass is 395 g/mol. The maximum Gasteiger partial charge on any atom is 0.191 e. The smallest absolute Gasteiger partial charge is 0.191 e. The fourth-order valence-electron chi connectivity index (χ4n) is 2.86. The van der Waals surface area contributed by atoms with Crippen molar-refractivity contribution in [2.45, 2.75) is 25.8 Å². The Morgan fingerprint density at radius 1 is 1.33 bits per heavy atom. The van der Waals surface area contributed by atoms with E-state index in [4.69, 9.17) is 4.99 Å². The van der Waals surface area contributed by atoms with E-state index in [-0.39, 0.29) is 0 Å². The Morgan fingerprint density at radius 2 is 2.08 bits per heavy atom. The highest BCUT2D eigenvalue weighted by Gasteiger charge is 2.23. The lowest BCUT2D eigenvalue weighted by atomic mass is 10.3. The predicted molar refractivity (Wildman–Crippen MR) is 107 cm³/mol. The molecule has 1 heterocycles. The zero-order valence-corrected chi connectivity index (χ0v) is 16.6. The summed E-state index contributed by atoms with van der Waals surface area (Å²) >= 11 is 3.50. The maximum absolute atomic E-state index is 4.70. The largest absolute Gasteiger partial charge is 0.369 e. The molecule has 6 heteroatoms. The molecule has 1 aromatic carbocycles. The van der Waals surface area contributed by atoms with Crippen molar-refractivity contribution in [3.05, 3.63) is 28.7 Å². The van der Waals surface area contributed by atoms with Crippen LogP contribution in [0.5, 0.6) is 0 Å². The van der Waals surface area contributed by atoms with E-state index in [1.54, 1.807) is 0 Å². The summed E-state index contributed by atoms with van der Waals surface area (Å²) in [5, 5.41) is 6.95. The second-order valence-electron chi connectivity index (χ2n) is 6.47. The number of benzene rings is 1. The number of hydrogen-bond acceptors (Lipinski definition) is 3. The molecule has 5 nitrogen and oxygen atoms in total. The first kappa shape index (κ1) is 19.1. The second kappa shape index (κ2) is 9.89. The van der Waals surface area contributed by atoms with Gasteiger partial charge in [0.1, 0.15) is 0 Å². The number of halogens is 1. The number of guanidine groups is 1. The molecule has 1 fully saturated rings. The molecule has 1 aromatic rings. The van der Waals surface area contributed by atoms with Gasteiger partial charge < -0.3 is 20.4 Å². The zero-order chi connectivity index (χ0) is 17.4. The molecule has 1 saturated heterocycles. The third-order valence-electron chi connectivity index (χ3n) is 4.10. The van der Waals surface area contributed by atoms with Gasteiger partial charge in [0.05, 0.1) is 0 Å². The van der Waals surface area contributed by atoms with Crippen LogP contribution in [0, 0.1) is 0 Å². The average molecular weight is 396 g/mol. The number of nitrogens with one attached hydrogen (secondary N) is 2. The molecule has 1 aliphatic rings. The highest BCUT2D eigenvalue weighted by molar-refractivity contribution is 9.10. The molecular formula is C18H30BrN5. The Kier molecular flexibility index (Phi) is 7.85. The number of anilines is 1. The van der Waals surface area contributed by atoms with Crippen molar-refractivity contribution in [2.24, 2.45) is 4.99 Å². The quantitative estimate of drug-likeness (QED) is 0.422. The second-order valence-corrected chi connectivity index (χ2v) is 7.39. The summed E-state index contributed by atoms with van der Waals surface area (Å²) in [4.78, 5) is 9.33. The van der Waals surface area contributed by atoms with E-state index in [9.17, 15) is 0 Å². The molecule has 1 aliphatic heterocycles. The fraction of sp³-hybridized carbons (Fsp3) is 0.611. The van der Waals surface area contributed by atoms with Gasteiger partial charge >= 0.3 is 0 Å². The van der Waals surface area contributed by atoms with Gasteiger partial charge in [-0.1, -0.05) is 15.9 Å². The number of aliphatic imine (C=N–C) groups is 1. The van der Waals surface area contributed by atoms with E-state index in [0.29, 0.717) is 6.04 Å². The topological polar surface area (TPSA) is 42.9 Å². The van der Waals surface area contributed by atoms with Crippen molar-refractivity contribution in [1.29, 1.82) is 0 Å². The first-order valence-corrected chi connectivity index (χ1v) is 9.58. The Morgan fingerprint density at radius 3 is 2.75 bits per heavy atom. The molecule has 0 bridgehead atoms. The highest BCUT2D eigenvalue weighted by atomic mass is 79.9. The van der Waals surface area contributed by atoms with Gasteiger partial charge in [-0.15, -0.1) is 0 Å². The van der Waals surface area contributed by atoms with Crippen LogP contribution < -0.4 is 15.5 Å². The van der Waals surface area contributed by atoms with E-state index in [1.165, 1.54) is 5.69 Å². The molecular weight excluding hydrogens is 366 g/mol. The Hall–Kier alpha value is -1.27. The Balaban J connectivity index is 1.84. The first-order chi connectivity index (χ1) is 11.6. The van der Waals surface area contributed by atoms with Crippen LogP contribution in [0.3, 0.4) is 0 Å². The van der Waals surface area contributed by atoms with Gasteiger partial charge in [-0.3, -0.25) is 4.99 Å². The normalized spacial score (nSPS) is 18.3. The molecule has 0 saturated carbocycles. The van der Waals surface area contributed by atoms with Crippen LogP contribution in [0.1, 0.15) is 19.8 Å². The van der Waals surface area contributed by atoms with Gasteiger partial charge in [-0.2, -0.15) is 0 Å². The SMILES string of the molecule is CCNC(=NCCCN(C)C)NC1CCN(c2ccc(Br)cc2)C1. The molecule has 134 valence electrons. The summed E-state index contributed by atoms with van der Waals surface area (Å²) in [6, 6.07) is 9.00. The lowest BCUT2D eigenvalue weighted by Crippen LogP contribution is -2.44. The molecule has 1 atom stereocenters. The van der Waals surface area contributed by atoms with E-state index in [2.05, 4.69) is 81.6 Å². The van der Waals surface area contributed by atoms with Crippen LogP contribution >= 0.6 is 15.9 Å². The summed E-state index contributed by atoms with van der Waals surface area (Å²) in [6.07, 6.45) is 2.22. The number of nitrogens with zero attached hydrogens (tertiary/aromatic N) is 3. The van der Waals surface area contributed by atoms with E-state index in [0.717, 1.165) is 56.0 Å². The summed E-state index contributed by atoms with van der Waals surface area (Å²) in [5.41, 5.74) is 1.29. The number of rotatable bonds is 7. The standard InChI is InChI=1S/C18H30BrN5/c1-4-20-18(21-11-5-12-23(2)3)22-16-10-13-24(14-16)17-8-6-15(19)7-9-17/h6-9,16H,4-5,10-14H2,1-3H3,(H2,20,21,22). The Labute approximate surface area is 154 Å². The highest BCUT2D eigenvalue weighted by Crippen LogP contribution is 2.22. The van der Waals surface area contributed by atoms with Gasteiger partial charge in [-0.05, 0) is 64.7 Å². The molecule has 0 amide bonds. The van der Waals surface area contributed by atoms with Crippen LogP contribution in [0.4, 0.5) is 5.69 Å². The number of hydrogen-bond donors (Lipinski definition) is 2. The summed E-state index contributed by atoms with van der Waals surface area (Å²) in [7, 11) is 4.20. The molecule has 24 heavy (non-hydrogen) atoms. The lowest BCUT2D eigenvalue weighted by Gasteiger charge is -2.20. The first-order valence-electron chi connectivity index (χ1n) is 8.78. The molecule has 2 N–H and O–H groups in total. The lowest BCUT2D eigenvalue weighted by molar-refractivity contribution is 0.403. The summed E-state index contributed by atoms with van der Waals surface area (Å²) in [6.45, 7) is 7.03. The summed E-state index contributed by atoms with van der Waals surface area (Å²) in [5.74, 6) is 0.943. The van der Waals surface area contributed by atoms with Crippen LogP contribution in [0.15, 0.2) is 33.7 Å². The van der Waals surface area contributed by atoms with Gasteiger partial charge in [0, 0.05) is 42.4 Å². The van der Waals surface area contributed by atoms with E-state index in [1.807, 2.05) is 0 Å². The predicted octanol–water partition coefficient (Wildman–Crippen LogP) is 2.53. The average Bonchev–Trinajstić information content (AvgIpc) is 3.00. The molecule has 0 aliphatic carbocycles. The van der Waals surface area contributed by atoms with Crippen LogP contribution in [-0.4, -0.2) is 63.7 Å². The van der Waals surface area contributed by atoms with Crippen molar-refractivity contribution in [3.8, 4) is 0 Å². The minimum atomic E-state index is 0.445. The minimum absolute atomic E-state index is 0.445. The van der Waals surface area contributed by atoms with Crippen LogP contribution in [0.25, 0.3) is 0 Å².